The minimum absolute atomic E-state index is 0.0386. The first-order valence-corrected chi connectivity index (χ1v) is 9.74. The molecule has 0 aromatic rings. The molecule has 0 amide bonds. The van der Waals surface area contributed by atoms with Crippen LogP contribution in [0.3, 0.4) is 0 Å². The highest BCUT2D eigenvalue weighted by Crippen LogP contribution is 2.43. The quantitative estimate of drug-likeness (QED) is 0.157. The molecule has 3 N–H and O–H groups in total. The van der Waals surface area contributed by atoms with Crippen LogP contribution in [0.1, 0.15) is 26.2 Å². The number of hydrogen-bond donors (Lipinski definition) is 3. The molecule has 0 aromatic carbocycles. The van der Waals surface area contributed by atoms with Gasteiger partial charge in [0.2, 0.25) is 0 Å². The van der Waals surface area contributed by atoms with Gasteiger partial charge in [0, 0.05) is 19.2 Å². The van der Waals surface area contributed by atoms with Gasteiger partial charge in [-0.3, -0.25) is 18.8 Å². The van der Waals surface area contributed by atoms with Gasteiger partial charge >= 0.3 is 13.8 Å². The number of ether oxygens (including phenoxy) is 1. The van der Waals surface area contributed by atoms with Crippen LogP contribution < -0.4 is 0 Å². The lowest BCUT2D eigenvalue weighted by atomic mass is 10.2. The lowest BCUT2D eigenvalue weighted by Crippen LogP contribution is -2.24. The van der Waals surface area contributed by atoms with Crippen molar-refractivity contribution in [3.63, 3.8) is 0 Å². The third-order valence-electron chi connectivity index (χ3n) is 2.85. The smallest absolute Gasteiger partial charge is 0.472 e. The zero-order chi connectivity index (χ0) is 19.7. The van der Waals surface area contributed by atoms with E-state index in [1.807, 2.05) is 19.1 Å². The van der Waals surface area contributed by atoms with Crippen molar-refractivity contribution in [1.82, 2.24) is 0 Å². The average molecular weight is 393 g/mol. The third-order valence-corrected chi connectivity index (χ3v) is 3.83. The van der Waals surface area contributed by atoms with Crippen LogP contribution in [0.2, 0.25) is 0 Å². The Morgan fingerprint density at radius 3 is 2.62 bits per heavy atom. The van der Waals surface area contributed by atoms with Crippen LogP contribution in [-0.4, -0.2) is 66.4 Å². The van der Waals surface area contributed by atoms with E-state index in [4.69, 9.17) is 24.0 Å². The molecule has 0 radical (unpaired) electrons. The van der Waals surface area contributed by atoms with Crippen molar-refractivity contribution >= 4 is 20.0 Å². The molecule has 0 saturated heterocycles. The van der Waals surface area contributed by atoms with Gasteiger partial charge in [-0.2, -0.15) is 0 Å². The number of phosphoric acid groups is 1. The van der Waals surface area contributed by atoms with E-state index >= 15 is 0 Å². The number of carbonyl (C=O) groups is 1. The standard InChI is InChI=1S/C16H28NO8P/c1-2-3-4-6-9-17-10-12-24-26(21,22)25-14-15(13-18)23-11-7-5-8-16(19)20/h2-4,6,9,15,18H,5,7-8,10-14H2,1H3,(H,19,20)(H,21,22)/b3-2-,6-4-,17-9+. The summed E-state index contributed by atoms with van der Waals surface area (Å²) in [6, 6.07) is 0. The Bertz CT molecular complexity index is 506. The Labute approximate surface area is 153 Å². The Kier molecular flexibility index (Phi) is 15.0. The minimum Gasteiger partial charge on any atom is -0.481 e. The Morgan fingerprint density at radius 1 is 1.19 bits per heavy atom. The highest BCUT2D eigenvalue weighted by atomic mass is 31.2. The van der Waals surface area contributed by atoms with Crippen LogP contribution in [0.25, 0.3) is 0 Å². The van der Waals surface area contributed by atoms with Gasteiger partial charge in [0.1, 0.15) is 6.10 Å². The number of nitrogens with zero attached hydrogens (tertiary/aromatic N) is 1. The van der Waals surface area contributed by atoms with E-state index in [0.29, 0.717) is 12.8 Å². The first-order chi connectivity index (χ1) is 12.4. The predicted molar refractivity (Wildman–Crippen MR) is 97.4 cm³/mol. The van der Waals surface area contributed by atoms with Gasteiger partial charge < -0.3 is 19.8 Å². The van der Waals surface area contributed by atoms with Gasteiger partial charge in [-0.25, -0.2) is 4.57 Å². The molecule has 26 heavy (non-hydrogen) atoms. The van der Waals surface area contributed by atoms with E-state index in [0.717, 1.165) is 0 Å². The number of hydrogen-bond acceptors (Lipinski definition) is 7. The lowest BCUT2D eigenvalue weighted by molar-refractivity contribution is -0.137. The molecule has 150 valence electrons. The van der Waals surface area contributed by atoms with Gasteiger partial charge in [0.05, 0.1) is 26.4 Å². The Hall–Kier alpha value is -1.35. The molecule has 0 aliphatic rings. The van der Waals surface area contributed by atoms with E-state index in [-0.39, 0.29) is 32.8 Å². The fraction of sp³-hybridized carbons (Fsp3) is 0.625. The minimum atomic E-state index is -4.26. The van der Waals surface area contributed by atoms with Crippen LogP contribution in [0.5, 0.6) is 0 Å². The maximum Gasteiger partial charge on any atom is 0.472 e. The molecule has 9 nitrogen and oxygen atoms in total. The highest BCUT2D eigenvalue weighted by molar-refractivity contribution is 7.47. The van der Waals surface area contributed by atoms with Crippen molar-refractivity contribution < 1.29 is 38.3 Å². The molecule has 2 atom stereocenters. The molecule has 0 rings (SSSR count). The Morgan fingerprint density at radius 2 is 1.96 bits per heavy atom. The fourth-order valence-corrected chi connectivity index (χ4v) is 2.31. The van der Waals surface area contributed by atoms with E-state index in [9.17, 15) is 14.3 Å². The summed E-state index contributed by atoms with van der Waals surface area (Å²) >= 11 is 0. The largest absolute Gasteiger partial charge is 0.481 e. The number of aliphatic hydroxyl groups is 1. The molecule has 2 unspecified atom stereocenters. The number of aliphatic hydroxyl groups excluding tert-OH is 1. The van der Waals surface area contributed by atoms with Crippen LogP contribution in [0.4, 0.5) is 0 Å². The van der Waals surface area contributed by atoms with Gasteiger partial charge in [0.25, 0.3) is 0 Å². The SMILES string of the molecule is C\C=C/C=C\C=N\CCOP(=O)(O)OCC(CO)OCCCCC(=O)O. The number of aliphatic imine (C=N–C) groups is 1. The monoisotopic (exact) mass is 393 g/mol. The van der Waals surface area contributed by atoms with Crippen molar-refractivity contribution in [2.24, 2.45) is 4.99 Å². The second-order valence-electron chi connectivity index (χ2n) is 5.09. The summed E-state index contributed by atoms with van der Waals surface area (Å²) in [5.41, 5.74) is 0. The maximum atomic E-state index is 11.7. The average Bonchev–Trinajstić information content (AvgIpc) is 2.59. The van der Waals surface area contributed by atoms with Crippen LogP contribution in [-0.2, 0) is 23.1 Å². The van der Waals surface area contributed by atoms with E-state index in [1.54, 1.807) is 18.4 Å². The van der Waals surface area contributed by atoms with Crippen LogP contribution in [0, 0.1) is 0 Å². The summed E-state index contributed by atoms with van der Waals surface area (Å²) in [6.45, 7) is 1.48. The second kappa shape index (κ2) is 15.9. The van der Waals surface area contributed by atoms with Crippen LogP contribution in [0.15, 0.2) is 29.3 Å². The van der Waals surface area contributed by atoms with Gasteiger partial charge in [0.15, 0.2) is 0 Å². The number of aliphatic carboxylic acids is 1. The molecular formula is C16H28NO8P. The summed E-state index contributed by atoms with van der Waals surface area (Å²) in [7, 11) is -4.26. The molecule has 0 aliphatic carbocycles. The fourth-order valence-electron chi connectivity index (χ4n) is 1.57. The van der Waals surface area contributed by atoms with Gasteiger partial charge in [-0.15, -0.1) is 0 Å². The summed E-state index contributed by atoms with van der Waals surface area (Å²) in [4.78, 5) is 23.9. The number of allylic oxidation sites excluding steroid dienone is 4. The first kappa shape index (κ1) is 24.7. The van der Waals surface area contributed by atoms with Crippen molar-refractivity contribution in [1.29, 1.82) is 0 Å². The summed E-state index contributed by atoms with van der Waals surface area (Å²) in [5, 5.41) is 17.7. The van der Waals surface area contributed by atoms with E-state index in [2.05, 4.69) is 4.99 Å². The van der Waals surface area contributed by atoms with E-state index in [1.165, 1.54) is 0 Å². The normalized spacial score (nSPS) is 15.8. The van der Waals surface area contributed by atoms with Crippen molar-refractivity contribution in [2.45, 2.75) is 32.3 Å². The molecular weight excluding hydrogens is 365 g/mol. The molecule has 0 fully saturated rings. The summed E-state index contributed by atoms with van der Waals surface area (Å²) in [5.74, 6) is -0.886. The van der Waals surface area contributed by atoms with Crippen LogP contribution >= 0.6 is 7.82 Å². The topological polar surface area (TPSA) is 135 Å². The predicted octanol–water partition coefficient (Wildman–Crippen LogP) is 1.96. The Balaban J connectivity index is 3.93. The number of carboxylic acids is 1. The summed E-state index contributed by atoms with van der Waals surface area (Å²) in [6.07, 6.45) is 8.95. The van der Waals surface area contributed by atoms with E-state index < -0.39 is 26.5 Å². The highest BCUT2D eigenvalue weighted by Gasteiger charge is 2.23. The molecule has 0 heterocycles. The molecule has 0 aromatic heterocycles. The molecule has 0 bridgehead atoms. The third kappa shape index (κ3) is 16.1. The zero-order valence-electron chi connectivity index (χ0n) is 14.9. The lowest BCUT2D eigenvalue weighted by Gasteiger charge is -2.17. The number of unbranched alkanes of at least 4 members (excludes halogenated alkanes) is 1. The zero-order valence-corrected chi connectivity index (χ0v) is 15.8. The number of rotatable bonds is 16. The van der Waals surface area contributed by atoms with Crippen molar-refractivity contribution in [3.05, 3.63) is 24.3 Å². The molecule has 0 saturated carbocycles. The first-order valence-electron chi connectivity index (χ1n) is 8.25. The van der Waals surface area contributed by atoms with Crippen molar-refractivity contribution in [2.75, 3.05) is 33.0 Å². The number of carboxylic acid groups (broad SMARTS) is 1. The van der Waals surface area contributed by atoms with Crippen molar-refractivity contribution in [3.8, 4) is 0 Å². The second-order valence-corrected chi connectivity index (χ2v) is 6.54. The van der Waals surface area contributed by atoms with Gasteiger partial charge in [-0.1, -0.05) is 18.2 Å². The molecule has 0 aliphatic heterocycles. The molecule has 10 heteroatoms. The maximum absolute atomic E-state index is 11.7. The summed E-state index contributed by atoms with van der Waals surface area (Å²) < 4.78 is 26.5. The van der Waals surface area contributed by atoms with Gasteiger partial charge in [-0.05, 0) is 25.8 Å². The molecule has 0 spiro atoms. The number of phosphoric ester groups is 1.